The fourth-order valence-electron chi connectivity index (χ4n) is 3.44. The summed E-state index contributed by atoms with van der Waals surface area (Å²) in [7, 11) is 3.83. The van der Waals surface area contributed by atoms with Crippen LogP contribution in [0.5, 0.6) is 0 Å². The van der Waals surface area contributed by atoms with Gasteiger partial charge in [-0.2, -0.15) is 0 Å². The molecule has 1 heterocycles. The number of hydrogen-bond donors (Lipinski definition) is 1. The van der Waals surface area contributed by atoms with Crippen molar-refractivity contribution in [3.63, 3.8) is 0 Å². The van der Waals surface area contributed by atoms with Crippen LogP contribution in [0.25, 0.3) is 0 Å². The van der Waals surface area contributed by atoms with Gasteiger partial charge in [-0.1, -0.05) is 60.7 Å². The zero-order valence-electron chi connectivity index (χ0n) is 18.1. The summed E-state index contributed by atoms with van der Waals surface area (Å²) in [6.07, 6.45) is -0.505. The molecule has 4 atom stereocenters. The second kappa shape index (κ2) is 12.1. The van der Waals surface area contributed by atoms with Gasteiger partial charge in [0, 0.05) is 18.2 Å². The van der Waals surface area contributed by atoms with Gasteiger partial charge in [0.05, 0.1) is 40.0 Å². The van der Waals surface area contributed by atoms with E-state index in [2.05, 4.69) is 11.4 Å². The first-order valence-corrected chi connectivity index (χ1v) is 11.2. The minimum absolute atomic E-state index is 0.152. The average Bonchev–Trinajstić information content (AvgIpc) is 2.81. The molecule has 1 saturated heterocycles. The van der Waals surface area contributed by atoms with Crippen LogP contribution in [-0.4, -0.2) is 66.3 Å². The molecule has 1 fully saturated rings. The molecule has 31 heavy (non-hydrogen) atoms. The van der Waals surface area contributed by atoms with E-state index in [1.807, 2.05) is 79.7 Å². The van der Waals surface area contributed by atoms with Gasteiger partial charge in [-0.05, 0) is 11.1 Å². The lowest BCUT2D eigenvalue weighted by Crippen LogP contribution is -2.52. The highest BCUT2D eigenvalue weighted by atomic mass is 32.2. The number of hydrogen-bond acceptors (Lipinski definition) is 5. The summed E-state index contributed by atoms with van der Waals surface area (Å²) in [5, 5.41) is 10.8. The summed E-state index contributed by atoms with van der Waals surface area (Å²) in [4.78, 5) is 1.90. The van der Waals surface area contributed by atoms with E-state index >= 15 is 0 Å². The van der Waals surface area contributed by atoms with Crippen LogP contribution in [0.2, 0.25) is 0 Å². The fraction of sp³-hybridized carbons (Fsp3) is 0.417. The number of ether oxygens (including phenoxy) is 3. The summed E-state index contributed by atoms with van der Waals surface area (Å²) in [6.45, 7) is 4.39. The van der Waals surface area contributed by atoms with E-state index in [0.717, 1.165) is 16.3 Å². The molecule has 0 spiro atoms. The molecule has 0 radical (unpaired) electrons. The topological polar surface area (TPSA) is 65.3 Å². The molecule has 1 aliphatic rings. The largest absolute Gasteiger partial charge is 0.407 e. The Hall–Kier alpha value is -2.12. The van der Waals surface area contributed by atoms with Crippen molar-refractivity contribution in [1.82, 2.24) is 9.57 Å². The Morgan fingerprint density at radius 1 is 1.06 bits per heavy atom. The minimum Gasteiger partial charge on any atom is -0.394 e. The molecule has 7 heteroatoms. The average molecular weight is 444 g/mol. The first kappa shape index (κ1) is 23.5. The molecule has 6 nitrogen and oxygen atoms in total. The molecular weight excluding hydrogens is 412 g/mol. The molecule has 0 bridgehead atoms. The highest BCUT2D eigenvalue weighted by Gasteiger charge is 2.42. The summed E-state index contributed by atoms with van der Waals surface area (Å²) < 4.78 is 22.8. The number of rotatable bonds is 8. The van der Waals surface area contributed by atoms with Gasteiger partial charge >= 0.3 is 5.17 Å². The third-order valence-electron chi connectivity index (χ3n) is 5.01. The lowest BCUT2D eigenvalue weighted by Gasteiger charge is -2.40. The van der Waals surface area contributed by atoms with Crippen LogP contribution in [0.1, 0.15) is 17.5 Å². The molecule has 1 N–H and O–H groups in total. The standard InChI is InChI=1S/C24H31N2O4S/c1-25-24(26(2)3)31-22-14-20(28-16-18-10-6-4-7-11-18)23(21(15-27)30-22)29-17-19-12-8-5-9-13-19/h4-13,20-23,27H,1,14-17H2,2-3H3/q+1. The summed E-state index contributed by atoms with van der Waals surface area (Å²) in [6, 6.07) is 20.0. The normalized spacial score (nSPS) is 23.2. The second-order valence-electron chi connectivity index (χ2n) is 7.57. The number of nitrogens with zero attached hydrogens (tertiary/aromatic N) is 2. The summed E-state index contributed by atoms with van der Waals surface area (Å²) in [5.41, 5.74) is 1.93. The minimum atomic E-state index is -0.496. The molecule has 2 aromatic rings. The Kier molecular flexibility index (Phi) is 9.15. The molecular formula is C24H31N2O4S+. The molecule has 2 aromatic carbocycles. The van der Waals surface area contributed by atoms with Gasteiger partial charge in [0.1, 0.15) is 17.6 Å². The zero-order chi connectivity index (χ0) is 22.1. The Bertz CT molecular complexity index is 843. The molecule has 0 aliphatic carbocycles. The van der Waals surface area contributed by atoms with Gasteiger partial charge in [0.15, 0.2) is 6.72 Å². The van der Waals surface area contributed by atoms with Crippen LogP contribution >= 0.6 is 11.8 Å². The quantitative estimate of drug-likeness (QED) is 0.385. The Morgan fingerprint density at radius 2 is 1.65 bits per heavy atom. The third kappa shape index (κ3) is 6.94. The van der Waals surface area contributed by atoms with Gasteiger partial charge in [0.25, 0.3) is 0 Å². The maximum atomic E-state index is 10.1. The van der Waals surface area contributed by atoms with Crippen LogP contribution in [0.3, 0.4) is 0 Å². The number of benzene rings is 2. The van der Waals surface area contributed by atoms with Crippen LogP contribution in [0, 0.1) is 0 Å². The van der Waals surface area contributed by atoms with Crippen molar-refractivity contribution < 1.29 is 19.3 Å². The Morgan fingerprint density at radius 3 is 2.16 bits per heavy atom. The molecule has 0 aromatic heterocycles. The fourth-order valence-corrected chi connectivity index (χ4v) is 4.44. The number of aliphatic hydroxyl groups excluding tert-OH is 1. The highest BCUT2D eigenvalue weighted by Crippen LogP contribution is 2.32. The van der Waals surface area contributed by atoms with Crippen LogP contribution in [-0.2, 0) is 27.4 Å². The molecule has 0 amide bonds. The van der Waals surface area contributed by atoms with Crippen molar-refractivity contribution in [3.05, 3.63) is 71.8 Å². The monoisotopic (exact) mass is 443 g/mol. The van der Waals surface area contributed by atoms with Crippen LogP contribution < -0.4 is 4.67 Å². The maximum absolute atomic E-state index is 10.1. The first-order chi connectivity index (χ1) is 15.1. The summed E-state index contributed by atoms with van der Waals surface area (Å²) >= 11 is 1.48. The molecule has 0 saturated carbocycles. The molecule has 3 rings (SSSR count). The van der Waals surface area contributed by atoms with Crippen molar-refractivity contribution >= 4 is 23.6 Å². The third-order valence-corrected chi connectivity index (χ3v) is 6.28. The SMILES string of the molecule is C=[N+]=C(SC1CC(OCc2ccccc2)C(OCc2ccccc2)C(CO)O1)N(C)C. The highest BCUT2D eigenvalue weighted by molar-refractivity contribution is 8.14. The van der Waals surface area contributed by atoms with Crippen LogP contribution in [0.15, 0.2) is 60.7 Å². The van der Waals surface area contributed by atoms with E-state index in [1.165, 1.54) is 11.8 Å². The van der Waals surface area contributed by atoms with Crippen molar-refractivity contribution in [1.29, 1.82) is 0 Å². The lowest BCUT2D eigenvalue weighted by molar-refractivity contribution is -0.199. The first-order valence-electron chi connectivity index (χ1n) is 10.4. The number of amidine groups is 1. The van der Waals surface area contributed by atoms with Crippen molar-refractivity contribution in [3.8, 4) is 0 Å². The van der Waals surface area contributed by atoms with E-state index in [0.29, 0.717) is 19.6 Å². The van der Waals surface area contributed by atoms with E-state index < -0.39 is 6.10 Å². The van der Waals surface area contributed by atoms with Gasteiger partial charge in [-0.3, -0.25) is 0 Å². The predicted molar refractivity (Wildman–Crippen MR) is 126 cm³/mol. The van der Waals surface area contributed by atoms with Gasteiger partial charge in [0.2, 0.25) is 0 Å². The van der Waals surface area contributed by atoms with Gasteiger partial charge in [-0.25, -0.2) is 9.57 Å². The Balaban J connectivity index is 1.73. The predicted octanol–water partition coefficient (Wildman–Crippen LogP) is 2.68. The van der Waals surface area contributed by atoms with Crippen LogP contribution in [0.4, 0.5) is 0 Å². The van der Waals surface area contributed by atoms with Crippen molar-refractivity contribution in [2.75, 3.05) is 20.7 Å². The summed E-state index contributed by atoms with van der Waals surface area (Å²) in [5.74, 6) is 0. The smallest absolute Gasteiger partial charge is 0.394 e. The van der Waals surface area contributed by atoms with E-state index in [9.17, 15) is 5.11 Å². The molecule has 1 aliphatic heterocycles. The Labute approximate surface area is 188 Å². The number of thioether (sulfide) groups is 1. The van der Waals surface area contributed by atoms with Crippen molar-refractivity contribution in [2.45, 2.75) is 43.4 Å². The molecule has 166 valence electrons. The van der Waals surface area contributed by atoms with E-state index in [-0.39, 0.29) is 24.3 Å². The lowest BCUT2D eigenvalue weighted by atomic mass is 10.0. The molecule has 4 unspecified atom stereocenters. The van der Waals surface area contributed by atoms with Gasteiger partial charge in [-0.15, -0.1) is 0 Å². The maximum Gasteiger partial charge on any atom is 0.407 e. The zero-order valence-corrected chi connectivity index (χ0v) is 18.9. The van der Waals surface area contributed by atoms with E-state index in [1.54, 1.807) is 0 Å². The van der Waals surface area contributed by atoms with Crippen molar-refractivity contribution in [2.24, 2.45) is 0 Å². The van der Waals surface area contributed by atoms with Gasteiger partial charge < -0.3 is 19.3 Å². The second-order valence-corrected chi connectivity index (χ2v) is 8.70. The van der Waals surface area contributed by atoms with E-state index in [4.69, 9.17) is 14.2 Å². The number of aliphatic hydroxyl groups is 1.